The number of anilines is 3. The van der Waals surface area contributed by atoms with E-state index >= 15 is 0 Å². The predicted octanol–water partition coefficient (Wildman–Crippen LogP) is 4.58. The fourth-order valence-corrected chi connectivity index (χ4v) is 6.09. The summed E-state index contributed by atoms with van der Waals surface area (Å²) >= 11 is 0. The number of para-hydroxylation sites is 1. The Labute approximate surface area is 246 Å². The van der Waals surface area contributed by atoms with Gasteiger partial charge >= 0.3 is 5.97 Å². The number of benzene rings is 3. The number of non-ortho nitro benzene ring substituents is 1. The molecule has 43 heavy (non-hydrogen) atoms. The molecule has 218 valence electrons. The van der Waals surface area contributed by atoms with Crippen LogP contribution >= 0.6 is 0 Å². The molecule has 6 rings (SSSR count). The van der Waals surface area contributed by atoms with Crippen LogP contribution in [0.3, 0.4) is 0 Å². The van der Waals surface area contributed by atoms with E-state index in [4.69, 9.17) is 4.74 Å². The maximum Gasteiger partial charge on any atom is 0.338 e. The summed E-state index contributed by atoms with van der Waals surface area (Å²) in [6.07, 6.45) is 5.38. The summed E-state index contributed by atoms with van der Waals surface area (Å²) in [5.41, 5.74) is 2.39. The highest BCUT2D eigenvalue weighted by atomic mass is 16.6. The Hall–Kier alpha value is -5.32. The molecular formula is C32H28N4O7. The van der Waals surface area contributed by atoms with Gasteiger partial charge in [0.2, 0.25) is 17.7 Å². The Morgan fingerprint density at radius 3 is 2.35 bits per heavy atom. The lowest BCUT2D eigenvalue weighted by molar-refractivity contribution is -0.384. The number of unbranched alkanes of at least 4 members (excludes halogenated alkanes) is 1. The molecule has 11 heteroatoms. The van der Waals surface area contributed by atoms with Crippen LogP contribution in [0, 0.1) is 22.0 Å². The Kier molecular flexibility index (Phi) is 7.22. The van der Waals surface area contributed by atoms with Gasteiger partial charge in [0.05, 0.1) is 40.7 Å². The van der Waals surface area contributed by atoms with E-state index in [1.54, 1.807) is 0 Å². The maximum atomic E-state index is 14.0. The summed E-state index contributed by atoms with van der Waals surface area (Å²) in [5.74, 6) is -3.77. The molecule has 3 heterocycles. The molecule has 2 fully saturated rings. The number of esters is 1. The molecule has 3 aliphatic heterocycles. The van der Waals surface area contributed by atoms with Crippen molar-refractivity contribution in [3.8, 4) is 0 Å². The number of hydrogen-bond acceptors (Lipinski definition) is 8. The number of carbonyl (C=O) groups is 4. The highest BCUT2D eigenvalue weighted by Crippen LogP contribution is 2.49. The van der Waals surface area contributed by atoms with Crippen LogP contribution in [-0.2, 0) is 19.1 Å². The van der Waals surface area contributed by atoms with Crippen LogP contribution in [0.5, 0.6) is 0 Å². The van der Waals surface area contributed by atoms with E-state index in [1.165, 1.54) is 48.5 Å². The molecule has 11 nitrogen and oxygen atoms in total. The molecule has 0 aromatic heterocycles. The molecule has 0 bridgehead atoms. The fraction of sp³-hybridized carbons (Fsp3) is 0.250. The molecule has 0 saturated carbocycles. The first-order chi connectivity index (χ1) is 20.8. The largest absolute Gasteiger partial charge is 0.462 e. The van der Waals surface area contributed by atoms with Crippen LogP contribution in [0.4, 0.5) is 22.7 Å². The second-order valence-corrected chi connectivity index (χ2v) is 10.7. The van der Waals surface area contributed by atoms with Crippen LogP contribution < -0.4 is 15.1 Å². The van der Waals surface area contributed by atoms with E-state index in [0.717, 1.165) is 29.0 Å². The lowest BCUT2D eigenvalue weighted by Gasteiger charge is -2.36. The van der Waals surface area contributed by atoms with E-state index in [9.17, 15) is 29.3 Å². The average Bonchev–Trinajstić information content (AvgIpc) is 3.50. The molecule has 0 spiro atoms. The van der Waals surface area contributed by atoms with Crippen LogP contribution in [0.15, 0.2) is 78.9 Å². The SMILES string of the molecule is CCCCOC(=O)c1ccc(N2C(=O)[C@@H]3[C@H](C2=O)[C@@H]2C=Cc4ccccc4N2[C@@H]3C(=O)Nc2ccc([N+](=O)[O-])cc2)cc1. The van der Waals surface area contributed by atoms with Crippen molar-refractivity contribution in [2.24, 2.45) is 11.8 Å². The number of nitrogens with one attached hydrogen (secondary N) is 1. The van der Waals surface area contributed by atoms with E-state index in [0.29, 0.717) is 23.5 Å². The summed E-state index contributed by atoms with van der Waals surface area (Å²) in [6.45, 7) is 2.30. The summed E-state index contributed by atoms with van der Waals surface area (Å²) in [4.78, 5) is 67.7. The molecule has 0 unspecified atom stereocenters. The molecule has 3 aromatic carbocycles. The Morgan fingerprint density at radius 1 is 0.953 bits per heavy atom. The molecule has 0 radical (unpaired) electrons. The van der Waals surface area contributed by atoms with Crippen molar-refractivity contribution in [3.05, 3.63) is 100 Å². The number of imide groups is 1. The minimum atomic E-state index is -1.04. The first-order valence-corrected chi connectivity index (χ1v) is 14.1. The Morgan fingerprint density at radius 2 is 1.65 bits per heavy atom. The molecule has 2 saturated heterocycles. The average molecular weight is 581 g/mol. The summed E-state index contributed by atoms with van der Waals surface area (Å²) in [7, 11) is 0. The van der Waals surface area contributed by atoms with Crippen LogP contribution in [0.2, 0.25) is 0 Å². The number of nitro groups is 1. The van der Waals surface area contributed by atoms with Crippen molar-refractivity contribution in [1.82, 2.24) is 0 Å². The first kappa shape index (κ1) is 27.8. The van der Waals surface area contributed by atoms with Crippen molar-refractivity contribution in [1.29, 1.82) is 0 Å². The summed E-state index contributed by atoms with van der Waals surface area (Å²) < 4.78 is 5.25. The number of ether oxygens (including phenoxy) is 1. The van der Waals surface area contributed by atoms with Gasteiger partial charge in [-0.1, -0.05) is 43.7 Å². The normalized spacial score (nSPS) is 21.7. The monoisotopic (exact) mass is 580 g/mol. The van der Waals surface area contributed by atoms with Crippen LogP contribution in [-0.4, -0.2) is 47.3 Å². The summed E-state index contributed by atoms with van der Waals surface area (Å²) in [5, 5.41) is 13.9. The second-order valence-electron chi connectivity index (χ2n) is 10.7. The Balaban J connectivity index is 1.32. The van der Waals surface area contributed by atoms with Crippen molar-refractivity contribution >= 4 is 52.5 Å². The van der Waals surface area contributed by atoms with E-state index in [1.807, 2.05) is 48.2 Å². The van der Waals surface area contributed by atoms with Gasteiger partial charge in [0.15, 0.2) is 0 Å². The van der Waals surface area contributed by atoms with Gasteiger partial charge in [0.1, 0.15) is 6.04 Å². The number of carbonyl (C=O) groups excluding carboxylic acids is 4. The van der Waals surface area contributed by atoms with Gasteiger partial charge < -0.3 is 15.0 Å². The van der Waals surface area contributed by atoms with Crippen LogP contribution in [0.1, 0.15) is 35.7 Å². The molecule has 0 aliphatic carbocycles. The number of amides is 3. The third-order valence-corrected chi connectivity index (χ3v) is 8.12. The van der Waals surface area contributed by atoms with Crippen molar-refractivity contribution in [3.63, 3.8) is 0 Å². The van der Waals surface area contributed by atoms with Gasteiger partial charge in [-0.05, 0) is 54.4 Å². The third kappa shape index (κ3) is 4.82. The standard InChI is InChI=1S/C32H28N4O7/c1-2-3-18-43-32(40)20-8-13-22(14-9-20)34-30(38)26-25-17-10-19-6-4-5-7-24(19)35(25)28(27(26)31(34)39)29(37)33-21-11-15-23(16-12-21)36(41)42/h4-17,25-28H,2-3,18H2,1H3,(H,33,37)/t25-,26+,27+,28-/m0/s1. The van der Waals surface area contributed by atoms with Gasteiger partial charge in [-0.3, -0.25) is 24.5 Å². The minimum Gasteiger partial charge on any atom is -0.462 e. The van der Waals surface area contributed by atoms with E-state index in [2.05, 4.69) is 5.32 Å². The fourth-order valence-electron chi connectivity index (χ4n) is 6.09. The lowest BCUT2D eigenvalue weighted by atomic mass is 9.88. The highest BCUT2D eigenvalue weighted by Gasteiger charge is 2.64. The lowest BCUT2D eigenvalue weighted by Crippen LogP contribution is -2.50. The number of rotatable bonds is 8. The molecular weight excluding hydrogens is 552 g/mol. The molecule has 1 N–H and O–H groups in total. The second kappa shape index (κ2) is 11.2. The number of nitrogens with zero attached hydrogens (tertiary/aromatic N) is 3. The Bertz CT molecular complexity index is 1650. The zero-order chi connectivity index (χ0) is 30.2. The molecule has 4 atom stereocenters. The molecule has 3 aromatic rings. The quantitative estimate of drug-likeness (QED) is 0.134. The number of fused-ring (bicyclic) bond motifs is 5. The number of hydrogen-bond donors (Lipinski definition) is 1. The van der Waals surface area contributed by atoms with E-state index < -0.39 is 52.5 Å². The topological polar surface area (TPSA) is 139 Å². The van der Waals surface area contributed by atoms with Crippen LogP contribution in [0.25, 0.3) is 6.08 Å². The summed E-state index contributed by atoms with van der Waals surface area (Å²) in [6, 6.07) is 17.4. The smallest absolute Gasteiger partial charge is 0.338 e. The first-order valence-electron chi connectivity index (χ1n) is 14.1. The predicted molar refractivity (Wildman–Crippen MR) is 158 cm³/mol. The van der Waals surface area contributed by atoms with Crippen molar-refractivity contribution in [2.45, 2.75) is 31.8 Å². The molecule has 3 aliphatic rings. The zero-order valence-electron chi connectivity index (χ0n) is 23.2. The highest BCUT2D eigenvalue weighted by molar-refractivity contribution is 6.25. The van der Waals surface area contributed by atoms with Gasteiger partial charge in [-0.25, -0.2) is 9.69 Å². The van der Waals surface area contributed by atoms with Gasteiger partial charge in [0, 0.05) is 23.5 Å². The third-order valence-electron chi connectivity index (χ3n) is 8.12. The van der Waals surface area contributed by atoms with Gasteiger partial charge in [-0.2, -0.15) is 0 Å². The number of nitro benzene ring substituents is 1. The van der Waals surface area contributed by atoms with Crippen molar-refractivity contribution < 1.29 is 28.8 Å². The van der Waals surface area contributed by atoms with Gasteiger partial charge in [-0.15, -0.1) is 0 Å². The molecule has 3 amide bonds. The maximum absolute atomic E-state index is 14.0. The minimum absolute atomic E-state index is 0.124. The van der Waals surface area contributed by atoms with E-state index in [-0.39, 0.29) is 5.69 Å². The van der Waals surface area contributed by atoms with Gasteiger partial charge in [0.25, 0.3) is 5.69 Å². The van der Waals surface area contributed by atoms with Crippen molar-refractivity contribution in [2.75, 3.05) is 21.7 Å². The zero-order valence-corrected chi connectivity index (χ0v) is 23.2.